The van der Waals surface area contributed by atoms with Crippen LogP contribution in [0.2, 0.25) is 0 Å². The summed E-state index contributed by atoms with van der Waals surface area (Å²) in [6.45, 7) is 9.19. The van der Waals surface area contributed by atoms with Gasteiger partial charge in [-0.2, -0.15) is 0 Å². The van der Waals surface area contributed by atoms with Gasteiger partial charge < -0.3 is 0 Å². The number of hydrogen-bond acceptors (Lipinski definition) is 4. The van der Waals surface area contributed by atoms with E-state index in [1.54, 1.807) is 10.9 Å². The summed E-state index contributed by atoms with van der Waals surface area (Å²) in [6.07, 6.45) is 1.56. The number of aromatic nitrogens is 2. The first-order valence-electron chi connectivity index (χ1n) is 5.75. The van der Waals surface area contributed by atoms with Crippen molar-refractivity contribution in [3.05, 3.63) is 27.1 Å². The molecule has 18 heavy (non-hydrogen) atoms. The van der Waals surface area contributed by atoms with Crippen LogP contribution in [0.4, 0.5) is 0 Å². The Balaban J connectivity index is 2.87. The lowest BCUT2D eigenvalue weighted by molar-refractivity contribution is 0.102. The third kappa shape index (κ3) is 1.88. The van der Waals surface area contributed by atoms with Gasteiger partial charge in [-0.3, -0.25) is 14.2 Å². The molecule has 2 aromatic rings. The maximum absolute atomic E-state index is 12.5. The zero-order valence-electron chi connectivity index (χ0n) is 11.2. The number of ketones is 1. The first-order valence-corrected chi connectivity index (χ1v) is 6.57. The highest BCUT2D eigenvalue weighted by Crippen LogP contribution is 2.27. The van der Waals surface area contributed by atoms with Gasteiger partial charge in [-0.05, 0) is 40.2 Å². The van der Waals surface area contributed by atoms with Gasteiger partial charge >= 0.3 is 0 Å². The van der Waals surface area contributed by atoms with Crippen molar-refractivity contribution < 1.29 is 4.79 Å². The minimum Gasteiger partial charge on any atom is -0.294 e. The van der Waals surface area contributed by atoms with Gasteiger partial charge in [-0.15, -0.1) is 11.3 Å². The molecule has 2 rings (SSSR count). The van der Waals surface area contributed by atoms with Crippen molar-refractivity contribution in [3.63, 3.8) is 0 Å². The molecule has 0 fully saturated rings. The van der Waals surface area contributed by atoms with Crippen LogP contribution in [-0.4, -0.2) is 15.3 Å². The summed E-state index contributed by atoms with van der Waals surface area (Å²) in [6, 6.07) is 0. The second kappa shape index (κ2) is 4.02. The van der Waals surface area contributed by atoms with Crippen LogP contribution in [0.15, 0.2) is 11.1 Å². The zero-order chi connectivity index (χ0) is 13.7. The molecule has 0 N–H and O–H groups in total. The lowest BCUT2D eigenvalue weighted by Gasteiger charge is -2.21. The average molecular weight is 264 g/mol. The number of hydrogen-bond donors (Lipinski definition) is 0. The molecule has 4 nitrogen and oxygen atoms in total. The Kier molecular flexibility index (Phi) is 2.89. The zero-order valence-corrected chi connectivity index (χ0v) is 12.0. The van der Waals surface area contributed by atoms with Gasteiger partial charge in [0.05, 0.1) is 16.6 Å². The van der Waals surface area contributed by atoms with Crippen molar-refractivity contribution in [3.8, 4) is 0 Å². The van der Waals surface area contributed by atoms with Crippen LogP contribution in [0.3, 0.4) is 0 Å². The molecule has 2 heterocycles. The second-order valence-corrected chi connectivity index (χ2v) is 6.38. The van der Waals surface area contributed by atoms with Crippen molar-refractivity contribution in [2.45, 2.75) is 40.2 Å². The van der Waals surface area contributed by atoms with E-state index in [0.717, 1.165) is 5.56 Å². The van der Waals surface area contributed by atoms with Crippen LogP contribution in [0.1, 0.15) is 42.9 Å². The molecular weight excluding hydrogens is 248 g/mol. The molecule has 0 amide bonds. The van der Waals surface area contributed by atoms with E-state index in [9.17, 15) is 9.59 Å². The number of fused-ring (bicyclic) bond motifs is 1. The fourth-order valence-electron chi connectivity index (χ4n) is 1.94. The predicted molar refractivity (Wildman–Crippen MR) is 73.6 cm³/mol. The highest BCUT2D eigenvalue weighted by molar-refractivity contribution is 7.20. The quantitative estimate of drug-likeness (QED) is 0.744. The third-order valence-corrected chi connectivity index (χ3v) is 4.19. The molecule has 96 valence electrons. The van der Waals surface area contributed by atoms with Crippen LogP contribution in [0.5, 0.6) is 0 Å². The van der Waals surface area contributed by atoms with Gasteiger partial charge in [0.2, 0.25) is 0 Å². The number of carbonyl (C=O) groups excluding carboxylic acids is 1. The van der Waals surface area contributed by atoms with Gasteiger partial charge in [0.25, 0.3) is 5.56 Å². The first kappa shape index (κ1) is 13.0. The number of nitrogens with zero attached hydrogens (tertiary/aromatic N) is 2. The Morgan fingerprint density at radius 2 is 2.00 bits per heavy atom. The van der Waals surface area contributed by atoms with Gasteiger partial charge in [0.15, 0.2) is 5.78 Å². The van der Waals surface area contributed by atoms with E-state index in [-0.39, 0.29) is 16.9 Å². The van der Waals surface area contributed by atoms with Crippen LogP contribution in [-0.2, 0) is 5.54 Å². The first-order chi connectivity index (χ1) is 8.23. The number of thiophene rings is 1. The number of aryl methyl sites for hydroxylation is 1. The minimum atomic E-state index is -0.316. The van der Waals surface area contributed by atoms with E-state index in [0.29, 0.717) is 15.1 Å². The molecule has 0 saturated carbocycles. The largest absolute Gasteiger partial charge is 0.294 e. The molecule has 0 aliphatic carbocycles. The Morgan fingerprint density at radius 1 is 1.39 bits per heavy atom. The molecule has 0 atom stereocenters. The predicted octanol–water partition coefficient (Wildman–Crippen LogP) is 2.72. The van der Waals surface area contributed by atoms with Gasteiger partial charge in [0, 0.05) is 5.54 Å². The van der Waals surface area contributed by atoms with Crippen molar-refractivity contribution in [1.29, 1.82) is 0 Å². The average Bonchev–Trinajstić information content (AvgIpc) is 2.55. The fourth-order valence-corrected chi connectivity index (χ4v) is 2.97. The molecule has 0 unspecified atom stereocenters. The van der Waals surface area contributed by atoms with Crippen molar-refractivity contribution >= 4 is 27.3 Å². The highest BCUT2D eigenvalue weighted by Gasteiger charge is 2.21. The topological polar surface area (TPSA) is 52.0 Å². The number of Topliss-reactive ketones (excluding diaryl/α,β-unsaturated/α-hetero) is 1. The van der Waals surface area contributed by atoms with Crippen LogP contribution in [0.25, 0.3) is 10.2 Å². The Morgan fingerprint density at radius 3 is 2.50 bits per heavy atom. The summed E-state index contributed by atoms with van der Waals surface area (Å²) in [4.78, 5) is 29.5. The third-order valence-electron chi connectivity index (χ3n) is 2.89. The molecular formula is C13H16N2O2S. The van der Waals surface area contributed by atoms with Crippen LogP contribution in [0, 0.1) is 6.92 Å². The monoisotopic (exact) mass is 264 g/mol. The van der Waals surface area contributed by atoms with Crippen molar-refractivity contribution in [2.24, 2.45) is 0 Å². The molecule has 0 saturated heterocycles. The van der Waals surface area contributed by atoms with E-state index in [2.05, 4.69) is 4.98 Å². The summed E-state index contributed by atoms with van der Waals surface area (Å²) in [5.41, 5.74) is 0.357. The minimum absolute atomic E-state index is 0.0165. The molecule has 5 heteroatoms. The summed E-state index contributed by atoms with van der Waals surface area (Å²) in [5.74, 6) is -0.0165. The molecule has 0 spiro atoms. The summed E-state index contributed by atoms with van der Waals surface area (Å²) in [7, 11) is 0. The lowest BCUT2D eigenvalue weighted by Crippen LogP contribution is -2.33. The molecule has 0 bridgehead atoms. The Hall–Kier alpha value is -1.49. The SMILES string of the molecule is CC(=O)c1sc2ncn(C(C)(C)C)c(=O)c2c1C. The molecule has 2 aromatic heterocycles. The van der Waals surface area contributed by atoms with Crippen molar-refractivity contribution in [2.75, 3.05) is 0 Å². The standard InChI is InChI=1S/C13H16N2O2S/c1-7-9-11(18-10(7)8(2)16)14-6-15(12(9)17)13(3,4)5/h6H,1-5H3. The number of rotatable bonds is 1. The summed E-state index contributed by atoms with van der Waals surface area (Å²) < 4.78 is 1.61. The van der Waals surface area contributed by atoms with E-state index in [4.69, 9.17) is 0 Å². The summed E-state index contributed by atoms with van der Waals surface area (Å²) in [5, 5.41) is 0.572. The number of carbonyl (C=O) groups is 1. The van der Waals surface area contributed by atoms with Crippen molar-refractivity contribution in [1.82, 2.24) is 9.55 Å². The molecule has 0 radical (unpaired) electrons. The summed E-state index contributed by atoms with van der Waals surface area (Å²) >= 11 is 1.29. The maximum Gasteiger partial charge on any atom is 0.262 e. The highest BCUT2D eigenvalue weighted by atomic mass is 32.1. The molecule has 0 aliphatic rings. The van der Waals surface area contributed by atoms with Gasteiger partial charge in [-0.25, -0.2) is 4.98 Å². The molecule has 0 aromatic carbocycles. The van der Waals surface area contributed by atoms with E-state index < -0.39 is 0 Å². The van der Waals surface area contributed by atoms with E-state index in [1.807, 2.05) is 27.7 Å². The second-order valence-electron chi connectivity index (χ2n) is 5.38. The maximum atomic E-state index is 12.5. The van der Waals surface area contributed by atoms with Gasteiger partial charge in [-0.1, -0.05) is 0 Å². The Bertz CT molecular complexity index is 689. The normalized spacial score (nSPS) is 12.1. The fraction of sp³-hybridized carbons (Fsp3) is 0.462. The molecule has 0 aliphatic heterocycles. The van der Waals surface area contributed by atoms with Crippen LogP contribution >= 0.6 is 11.3 Å². The lowest BCUT2D eigenvalue weighted by atomic mass is 10.1. The van der Waals surface area contributed by atoms with Gasteiger partial charge in [0.1, 0.15) is 4.83 Å². The van der Waals surface area contributed by atoms with E-state index >= 15 is 0 Å². The van der Waals surface area contributed by atoms with E-state index in [1.165, 1.54) is 18.3 Å². The smallest absolute Gasteiger partial charge is 0.262 e. The van der Waals surface area contributed by atoms with Crippen LogP contribution < -0.4 is 5.56 Å². The Labute approximate surface area is 109 Å².